The highest BCUT2D eigenvalue weighted by Gasteiger charge is 2.31. The Labute approximate surface area is 215 Å². The number of sulfonamides is 1. The zero-order chi connectivity index (χ0) is 26.5. The van der Waals surface area contributed by atoms with E-state index in [2.05, 4.69) is 5.32 Å². The highest BCUT2D eigenvalue weighted by molar-refractivity contribution is 7.92. The molecule has 0 spiro atoms. The van der Waals surface area contributed by atoms with Gasteiger partial charge in [0.05, 0.1) is 11.9 Å². The summed E-state index contributed by atoms with van der Waals surface area (Å²) in [6, 6.07) is 12.6. The molecule has 0 radical (unpaired) electrons. The zero-order valence-electron chi connectivity index (χ0n) is 22.1. The molecule has 1 saturated carbocycles. The van der Waals surface area contributed by atoms with E-state index in [4.69, 9.17) is 0 Å². The smallest absolute Gasteiger partial charge is 0.244 e. The lowest BCUT2D eigenvalue weighted by Crippen LogP contribution is -2.53. The van der Waals surface area contributed by atoms with Crippen molar-refractivity contribution in [2.45, 2.75) is 78.4 Å². The van der Waals surface area contributed by atoms with Gasteiger partial charge in [-0.05, 0) is 69.4 Å². The van der Waals surface area contributed by atoms with Crippen molar-refractivity contribution in [2.75, 3.05) is 17.1 Å². The molecule has 2 amide bonds. The van der Waals surface area contributed by atoms with Crippen molar-refractivity contribution in [2.24, 2.45) is 0 Å². The van der Waals surface area contributed by atoms with E-state index in [0.717, 1.165) is 58.5 Å². The summed E-state index contributed by atoms with van der Waals surface area (Å²) in [4.78, 5) is 28.4. The second-order valence-corrected chi connectivity index (χ2v) is 12.1. The maximum Gasteiger partial charge on any atom is 0.244 e. The molecule has 7 nitrogen and oxygen atoms in total. The van der Waals surface area contributed by atoms with Gasteiger partial charge in [0.25, 0.3) is 0 Å². The third-order valence-corrected chi connectivity index (χ3v) is 7.87. The number of aryl methyl sites for hydroxylation is 3. The number of carbonyl (C=O) groups is 2. The highest BCUT2D eigenvalue weighted by Crippen LogP contribution is 2.23. The van der Waals surface area contributed by atoms with Gasteiger partial charge < -0.3 is 10.2 Å². The molecule has 1 aliphatic rings. The molecule has 8 heteroatoms. The molecule has 36 heavy (non-hydrogen) atoms. The molecular weight excluding hydrogens is 474 g/mol. The lowest BCUT2D eigenvalue weighted by molar-refractivity contribution is -0.139. The van der Waals surface area contributed by atoms with Gasteiger partial charge in [-0.2, -0.15) is 0 Å². The van der Waals surface area contributed by atoms with E-state index in [1.54, 1.807) is 19.1 Å². The Morgan fingerprint density at radius 1 is 0.972 bits per heavy atom. The van der Waals surface area contributed by atoms with Crippen LogP contribution in [0.4, 0.5) is 5.69 Å². The predicted molar refractivity (Wildman–Crippen MR) is 144 cm³/mol. The predicted octanol–water partition coefficient (Wildman–Crippen LogP) is 4.24. The van der Waals surface area contributed by atoms with Crippen molar-refractivity contribution >= 4 is 27.5 Å². The van der Waals surface area contributed by atoms with Crippen molar-refractivity contribution in [3.05, 3.63) is 64.7 Å². The Kier molecular flexibility index (Phi) is 9.17. The van der Waals surface area contributed by atoms with Crippen molar-refractivity contribution < 1.29 is 18.0 Å². The quantitative estimate of drug-likeness (QED) is 0.543. The van der Waals surface area contributed by atoms with Crippen LogP contribution in [0.1, 0.15) is 61.3 Å². The number of nitrogens with zero attached hydrogens (tertiary/aromatic N) is 2. The van der Waals surface area contributed by atoms with Gasteiger partial charge in [0.15, 0.2) is 0 Å². The van der Waals surface area contributed by atoms with Crippen molar-refractivity contribution in [3.63, 3.8) is 0 Å². The molecule has 2 aromatic rings. The highest BCUT2D eigenvalue weighted by atomic mass is 32.2. The maximum atomic E-state index is 13.7. The molecule has 0 aliphatic heterocycles. The minimum atomic E-state index is -3.74. The zero-order valence-corrected chi connectivity index (χ0v) is 22.9. The Bertz CT molecular complexity index is 1170. The average molecular weight is 514 g/mol. The fraction of sp³-hybridized carbons (Fsp3) is 0.500. The summed E-state index contributed by atoms with van der Waals surface area (Å²) < 4.78 is 26.6. The first-order valence-electron chi connectivity index (χ1n) is 12.7. The van der Waals surface area contributed by atoms with Crippen LogP contribution in [0.15, 0.2) is 42.5 Å². The van der Waals surface area contributed by atoms with Gasteiger partial charge in [-0.1, -0.05) is 55.2 Å². The molecule has 196 valence electrons. The first kappa shape index (κ1) is 27.7. The van der Waals surface area contributed by atoms with Gasteiger partial charge in [-0.25, -0.2) is 8.42 Å². The van der Waals surface area contributed by atoms with Crippen LogP contribution in [-0.2, 0) is 26.2 Å². The monoisotopic (exact) mass is 513 g/mol. The Hall–Kier alpha value is -2.87. The number of carbonyl (C=O) groups excluding carboxylic acids is 2. The summed E-state index contributed by atoms with van der Waals surface area (Å²) in [5.41, 5.74) is 4.19. The summed E-state index contributed by atoms with van der Waals surface area (Å²) in [6.45, 7) is 7.30. The molecule has 3 rings (SSSR count). The van der Waals surface area contributed by atoms with Crippen LogP contribution < -0.4 is 9.62 Å². The van der Waals surface area contributed by atoms with E-state index in [9.17, 15) is 18.0 Å². The van der Waals surface area contributed by atoms with Crippen molar-refractivity contribution in [1.29, 1.82) is 0 Å². The van der Waals surface area contributed by atoms with Crippen LogP contribution in [0.5, 0.6) is 0 Å². The molecule has 1 aliphatic carbocycles. The van der Waals surface area contributed by atoms with E-state index < -0.39 is 22.0 Å². The average Bonchev–Trinajstić information content (AvgIpc) is 2.79. The molecule has 1 atom stereocenters. The molecule has 0 heterocycles. The molecular formula is C28H39N3O4S. The van der Waals surface area contributed by atoms with E-state index in [-0.39, 0.29) is 25.0 Å². The summed E-state index contributed by atoms with van der Waals surface area (Å²) >= 11 is 0. The second-order valence-electron chi connectivity index (χ2n) is 10.1. The number of rotatable bonds is 9. The molecule has 1 fully saturated rings. The van der Waals surface area contributed by atoms with Crippen molar-refractivity contribution in [1.82, 2.24) is 10.2 Å². The number of benzene rings is 2. The molecule has 0 bridgehead atoms. The summed E-state index contributed by atoms with van der Waals surface area (Å²) in [5.74, 6) is -0.632. The lowest BCUT2D eigenvalue weighted by Gasteiger charge is -2.33. The van der Waals surface area contributed by atoms with Crippen molar-refractivity contribution in [3.8, 4) is 0 Å². The standard InChI is InChI=1S/C28H39N3O4S/c1-20-10-9-11-24(15-20)18-30(23(4)28(33)29-25-12-7-6-8-13-25)27(32)19-31(36(5,34)35)26-16-21(2)14-22(3)17-26/h9-11,14-17,23,25H,6-8,12-13,18-19H2,1-5H3,(H,29,33)/t23-/m0/s1. The topological polar surface area (TPSA) is 86.8 Å². The maximum absolute atomic E-state index is 13.7. The number of anilines is 1. The molecule has 0 saturated heterocycles. The van der Waals surface area contributed by atoms with Gasteiger partial charge in [-0.3, -0.25) is 13.9 Å². The van der Waals surface area contributed by atoms with E-state index in [0.29, 0.717) is 5.69 Å². The molecule has 1 N–H and O–H groups in total. The van der Waals surface area contributed by atoms with Crippen LogP contribution >= 0.6 is 0 Å². The van der Waals surface area contributed by atoms with Crippen LogP contribution in [0.3, 0.4) is 0 Å². The second kappa shape index (κ2) is 11.9. The largest absolute Gasteiger partial charge is 0.352 e. The van der Waals surface area contributed by atoms with Crippen LogP contribution in [0.2, 0.25) is 0 Å². The molecule has 0 unspecified atom stereocenters. The number of nitrogens with one attached hydrogen (secondary N) is 1. The van der Waals surface area contributed by atoms with E-state index in [1.807, 2.05) is 51.1 Å². The van der Waals surface area contributed by atoms with Gasteiger partial charge >= 0.3 is 0 Å². The fourth-order valence-electron chi connectivity index (χ4n) is 4.87. The van der Waals surface area contributed by atoms with E-state index >= 15 is 0 Å². The minimum Gasteiger partial charge on any atom is -0.352 e. The van der Waals surface area contributed by atoms with E-state index in [1.165, 1.54) is 11.3 Å². The third-order valence-electron chi connectivity index (χ3n) is 6.73. The number of amides is 2. The number of hydrogen-bond acceptors (Lipinski definition) is 4. The lowest BCUT2D eigenvalue weighted by atomic mass is 9.95. The summed E-state index contributed by atoms with van der Waals surface area (Å²) in [6.07, 6.45) is 6.34. The molecule has 0 aromatic heterocycles. The minimum absolute atomic E-state index is 0.118. The Morgan fingerprint density at radius 2 is 1.61 bits per heavy atom. The fourth-order valence-corrected chi connectivity index (χ4v) is 5.70. The summed E-state index contributed by atoms with van der Waals surface area (Å²) in [5, 5.41) is 3.12. The van der Waals surface area contributed by atoms with Crippen LogP contribution in [0.25, 0.3) is 0 Å². The Morgan fingerprint density at radius 3 is 2.19 bits per heavy atom. The van der Waals surface area contributed by atoms with Gasteiger partial charge in [-0.15, -0.1) is 0 Å². The first-order chi connectivity index (χ1) is 16.9. The van der Waals surface area contributed by atoms with Gasteiger partial charge in [0.1, 0.15) is 12.6 Å². The van der Waals surface area contributed by atoms with Crippen LogP contribution in [-0.4, -0.2) is 50.0 Å². The first-order valence-corrected chi connectivity index (χ1v) is 14.5. The number of hydrogen-bond donors (Lipinski definition) is 1. The third kappa shape index (κ3) is 7.56. The van der Waals surface area contributed by atoms with Gasteiger partial charge in [0.2, 0.25) is 21.8 Å². The van der Waals surface area contributed by atoms with Crippen LogP contribution in [0, 0.1) is 20.8 Å². The Balaban J connectivity index is 1.89. The molecule has 2 aromatic carbocycles. The van der Waals surface area contributed by atoms with Gasteiger partial charge in [0, 0.05) is 12.6 Å². The summed E-state index contributed by atoms with van der Waals surface area (Å²) in [7, 11) is -3.74. The SMILES string of the molecule is Cc1cccc(CN(C(=O)CN(c2cc(C)cc(C)c2)S(C)(=O)=O)[C@@H](C)C(=O)NC2CCCCC2)c1. The normalized spacial score (nSPS) is 15.2.